The topological polar surface area (TPSA) is 52.0 Å². The highest BCUT2D eigenvalue weighted by molar-refractivity contribution is 6.30. The van der Waals surface area contributed by atoms with Gasteiger partial charge in [-0.2, -0.15) is 0 Å². The summed E-state index contributed by atoms with van der Waals surface area (Å²) >= 11 is 5.87. The molecule has 0 saturated heterocycles. The quantitative estimate of drug-likeness (QED) is 0.850. The Labute approximate surface area is 92.9 Å². The lowest BCUT2D eigenvalue weighted by Crippen LogP contribution is -1.95. The summed E-state index contributed by atoms with van der Waals surface area (Å²) in [4.78, 5) is 4.25. The SMILES string of the molecule is Cc1cc(Cl)ccc1-c1nc(CN)co1. The van der Waals surface area contributed by atoms with Crippen LogP contribution < -0.4 is 5.73 Å². The van der Waals surface area contributed by atoms with E-state index in [-0.39, 0.29) is 0 Å². The number of aromatic nitrogens is 1. The lowest BCUT2D eigenvalue weighted by molar-refractivity contribution is 0.572. The predicted molar refractivity (Wildman–Crippen MR) is 59.6 cm³/mol. The Kier molecular flexibility index (Phi) is 2.75. The fourth-order valence-corrected chi connectivity index (χ4v) is 1.62. The third-order valence-corrected chi connectivity index (χ3v) is 2.41. The Morgan fingerprint density at radius 1 is 1.47 bits per heavy atom. The van der Waals surface area contributed by atoms with Gasteiger partial charge in [-0.3, -0.25) is 0 Å². The van der Waals surface area contributed by atoms with E-state index in [4.69, 9.17) is 21.8 Å². The third kappa shape index (κ3) is 2.03. The van der Waals surface area contributed by atoms with E-state index in [0.717, 1.165) is 16.8 Å². The highest BCUT2D eigenvalue weighted by Gasteiger charge is 2.08. The van der Waals surface area contributed by atoms with Crippen molar-refractivity contribution in [3.8, 4) is 11.5 Å². The lowest BCUT2D eigenvalue weighted by atomic mass is 10.1. The normalized spacial score (nSPS) is 10.6. The van der Waals surface area contributed by atoms with Gasteiger partial charge in [-0.05, 0) is 30.7 Å². The van der Waals surface area contributed by atoms with Gasteiger partial charge in [-0.25, -0.2) is 4.98 Å². The molecule has 2 rings (SSSR count). The summed E-state index contributed by atoms with van der Waals surface area (Å²) in [5, 5.41) is 0.710. The number of aryl methyl sites for hydroxylation is 1. The van der Waals surface area contributed by atoms with Crippen molar-refractivity contribution in [2.45, 2.75) is 13.5 Å². The van der Waals surface area contributed by atoms with E-state index in [0.29, 0.717) is 17.5 Å². The Morgan fingerprint density at radius 3 is 2.87 bits per heavy atom. The van der Waals surface area contributed by atoms with Crippen molar-refractivity contribution in [2.75, 3.05) is 0 Å². The van der Waals surface area contributed by atoms with Gasteiger partial charge in [0, 0.05) is 17.1 Å². The van der Waals surface area contributed by atoms with E-state index in [1.54, 1.807) is 6.26 Å². The summed E-state index contributed by atoms with van der Waals surface area (Å²) in [6.07, 6.45) is 1.57. The molecule has 4 heteroatoms. The first kappa shape index (κ1) is 10.2. The van der Waals surface area contributed by atoms with E-state index >= 15 is 0 Å². The fourth-order valence-electron chi connectivity index (χ4n) is 1.39. The number of hydrogen-bond donors (Lipinski definition) is 1. The van der Waals surface area contributed by atoms with Gasteiger partial charge in [0.15, 0.2) is 0 Å². The zero-order chi connectivity index (χ0) is 10.8. The Bertz CT molecular complexity index is 479. The summed E-state index contributed by atoms with van der Waals surface area (Å²) in [5.41, 5.74) is 8.19. The van der Waals surface area contributed by atoms with Crippen LogP contribution >= 0.6 is 11.6 Å². The maximum Gasteiger partial charge on any atom is 0.226 e. The maximum absolute atomic E-state index is 5.87. The standard InChI is InChI=1S/C11H11ClN2O/c1-7-4-8(12)2-3-10(7)11-14-9(5-13)6-15-11/h2-4,6H,5,13H2,1H3. The van der Waals surface area contributed by atoms with Crippen LogP contribution in [0.1, 0.15) is 11.3 Å². The summed E-state index contributed by atoms with van der Waals surface area (Å²) in [6, 6.07) is 5.59. The second-order valence-corrected chi connectivity index (χ2v) is 3.74. The number of benzene rings is 1. The maximum atomic E-state index is 5.87. The van der Waals surface area contributed by atoms with Crippen LogP contribution in [0.4, 0.5) is 0 Å². The highest BCUT2D eigenvalue weighted by atomic mass is 35.5. The Hall–Kier alpha value is -1.32. The van der Waals surface area contributed by atoms with E-state index in [9.17, 15) is 0 Å². The van der Waals surface area contributed by atoms with Crippen LogP contribution in [-0.2, 0) is 6.54 Å². The molecule has 0 bridgehead atoms. The van der Waals surface area contributed by atoms with Gasteiger partial charge in [0.1, 0.15) is 6.26 Å². The minimum atomic E-state index is 0.385. The van der Waals surface area contributed by atoms with E-state index in [1.807, 2.05) is 25.1 Å². The number of rotatable bonds is 2. The molecule has 0 spiro atoms. The van der Waals surface area contributed by atoms with Gasteiger partial charge >= 0.3 is 0 Å². The zero-order valence-corrected chi connectivity index (χ0v) is 9.08. The molecule has 1 aromatic heterocycles. The number of oxazole rings is 1. The summed E-state index contributed by atoms with van der Waals surface area (Å²) < 4.78 is 5.33. The first-order valence-corrected chi connectivity index (χ1v) is 4.99. The molecule has 0 radical (unpaired) electrons. The lowest BCUT2D eigenvalue weighted by Gasteiger charge is -2.00. The monoisotopic (exact) mass is 222 g/mol. The molecule has 2 N–H and O–H groups in total. The smallest absolute Gasteiger partial charge is 0.226 e. The Balaban J connectivity index is 2.44. The van der Waals surface area contributed by atoms with Gasteiger partial charge in [-0.15, -0.1) is 0 Å². The van der Waals surface area contributed by atoms with Crippen molar-refractivity contribution in [3.05, 3.63) is 40.7 Å². The van der Waals surface area contributed by atoms with Gasteiger partial charge in [0.2, 0.25) is 5.89 Å². The number of nitrogens with zero attached hydrogens (tertiary/aromatic N) is 1. The molecular formula is C11H11ClN2O. The van der Waals surface area contributed by atoms with Gasteiger partial charge in [0.05, 0.1) is 5.69 Å². The first-order valence-electron chi connectivity index (χ1n) is 4.61. The van der Waals surface area contributed by atoms with Crippen molar-refractivity contribution < 1.29 is 4.42 Å². The first-order chi connectivity index (χ1) is 7.20. The predicted octanol–water partition coefficient (Wildman–Crippen LogP) is 2.76. The van der Waals surface area contributed by atoms with Crippen LogP contribution in [-0.4, -0.2) is 4.98 Å². The molecular weight excluding hydrogens is 212 g/mol. The molecule has 0 amide bonds. The molecule has 0 atom stereocenters. The van der Waals surface area contributed by atoms with Crippen molar-refractivity contribution in [1.82, 2.24) is 4.98 Å². The molecule has 0 saturated carbocycles. The van der Waals surface area contributed by atoms with Gasteiger partial charge in [0.25, 0.3) is 0 Å². The van der Waals surface area contributed by atoms with Crippen molar-refractivity contribution in [2.24, 2.45) is 5.73 Å². The average Bonchev–Trinajstić information content (AvgIpc) is 2.66. The van der Waals surface area contributed by atoms with Crippen LogP contribution in [0.15, 0.2) is 28.9 Å². The van der Waals surface area contributed by atoms with Crippen LogP contribution in [0.3, 0.4) is 0 Å². The number of halogens is 1. The third-order valence-electron chi connectivity index (χ3n) is 2.18. The molecule has 2 aromatic rings. The molecule has 15 heavy (non-hydrogen) atoms. The number of nitrogens with two attached hydrogens (primary N) is 1. The van der Waals surface area contributed by atoms with Crippen molar-refractivity contribution in [3.63, 3.8) is 0 Å². The van der Waals surface area contributed by atoms with Crippen LogP contribution in [0, 0.1) is 6.92 Å². The molecule has 0 fully saturated rings. The molecule has 0 aliphatic rings. The number of hydrogen-bond acceptors (Lipinski definition) is 3. The Morgan fingerprint density at radius 2 is 2.27 bits per heavy atom. The summed E-state index contributed by atoms with van der Waals surface area (Å²) in [7, 11) is 0. The van der Waals surface area contributed by atoms with E-state index in [1.165, 1.54) is 0 Å². The zero-order valence-electron chi connectivity index (χ0n) is 8.33. The largest absolute Gasteiger partial charge is 0.444 e. The molecule has 0 aliphatic heterocycles. The molecule has 1 heterocycles. The second kappa shape index (κ2) is 4.04. The molecule has 78 valence electrons. The fraction of sp³-hybridized carbons (Fsp3) is 0.182. The van der Waals surface area contributed by atoms with Crippen molar-refractivity contribution >= 4 is 11.6 Å². The van der Waals surface area contributed by atoms with Crippen molar-refractivity contribution in [1.29, 1.82) is 0 Å². The van der Waals surface area contributed by atoms with Crippen LogP contribution in [0.2, 0.25) is 5.02 Å². The van der Waals surface area contributed by atoms with Gasteiger partial charge in [-0.1, -0.05) is 11.6 Å². The minimum absolute atomic E-state index is 0.385. The van der Waals surface area contributed by atoms with E-state index in [2.05, 4.69) is 4.98 Å². The highest BCUT2D eigenvalue weighted by Crippen LogP contribution is 2.25. The summed E-state index contributed by atoms with van der Waals surface area (Å²) in [6.45, 7) is 2.35. The van der Waals surface area contributed by atoms with Crippen LogP contribution in [0.5, 0.6) is 0 Å². The van der Waals surface area contributed by atoms with Crippen LogP contribution in [0.25, 0.3) is 11.5 Å². The molecule has 1 aromatic carbocycles. The van der Waals surface area contributed by atoms with Gasteiger partial charge < -0.3 is 10.2 Å². The molecule has 0 unspecified atom stereocenters. The summed E-state index contributed by atoms with van der Waals surface area (Å²) in [5.74, 6) is 0.588. The average molecular weight is 223 g/mol. The van der Waals surface area contributed by atoms with E-state index < -0.39 is 0 Å². The molecule has 0 aliphatic carbocycles. The minimum Gasteiger partial charge on any atom is -0.444 e. The second-order valence-electron chi connectivity index (χ2n) is 3.31. The molecule has 3 nitrogen and oxygen atoms in total.